The largest absolute Gasteiger partial charge is 0.480 e. The Morgan fingerprint density at radius 2 is 1.26 bits per heavy atom. The summed E-state index contributed by atoms with van der Waals surface area (Å²) in [5, 5.41) is 21.3. The van der Waals surface area contributed by atoms with E-state index >= 15 is 0 Å². The van der Waals surface area contributed by atoms with Crippen molar-refractivity contribution < 1.29 is 46.9 Å². The Balaban J connectivity index is 0.000000254. The van der Waals surface area contributed by atoms with Crippen LogP contribution in [-0.4, -0.2) is 137 Å². The average molecular weight is 1050 g/mol. The monoisotopic (exact) mass is 1050 g/mol. The van der Waals surface area contributed by atoms with E-state index < -0.39 is 32.3 Å². The van der Waals surface area contributed by atoms with Crippen molar-refractivity contribution in [3.8, 4) is 0 Å². The van der Waals surface area contributed by atoms with Crippen LogP contribution in [0.4, 0.5) is 19.9 Å². The zero-order valence-corrected chi connectivity index (χ0v) is 44.4. The lowest BCUT2D eigenvalue weighted by Crippen LogP contribution is -2.51. The highest BCUT2D eigenvalue weighted by molar-refractivity contribution is 8.03. The van der Waals surface area contributed by atoms with Crippen molar-refractivity contribution >= 4 is 90.3 Å². The molecule has 0 atom stereocenters. The third kappa shape index (κ3) is 18.9. The number of hydrogen-bond donors (Lipinski definition) is 4. The number of nitrogens with one attached hydrogen (secondary N) is 2. The lowest BCUT2D eigenvalue weighted by molar-refractivity contribution is -0.138. The third-order valence-electron chi connectivity index (χ3n) is 13.0. The molecule has 2 aromatic rings. The number of nitrogens with zero attached hydrogens (tertiary/aromatic N) is 4. The summed E-state index contributed by atoms with van der Waals surface area (Å²) in [5.41, 5.74) is 0. The molecule has 0 saturated heterocycles. The predicted octanol–water partition coefficient (Wildman–Crippen LogP) is 9.48. The zero-order valence-electron chi connectivity index (χ0n) is 40.3. The summed E-state index contributed by atoms with van der Waals surface area (Å²) in [6, 6.07) is 0.771. The van der Waals surface area contributed by atoms with Gasteiger partial charge in [-0.25, -0.2) is 33.1 Å². The van der Waals surface area contributed by atoms with Gasteiger partial charge < -0.3 is 29.1 Å². The number of ether oxygens (including phenoxy) is 3. The molecule has 0 aromatic carbocycles. The quantitative estimate of drug-likeness (QED) is 0.0636. The molecule has 5 N–H and O–H groups in total. The molecule has 0 bridgehead atoms. The van der Waals surface area contributed by atoms with E-state index in [1.807, 2.05) is 0 Å². The number of anilines is 2. The van der Waals surface area contributed by atoms with E-state index in [9.17, 15) is 32.7 Å². The molecule has 4 fully saturated rings. The minimum Gasteiger partial charge on any atom is -0.480 e. The van der Waals surface area contributed by atoms with Gasteiger partial charge in [0.1, 0.15) is 10.5 Å². The first-order valence-electron chi connectivity index (χ1n) is 24.4. The molecule has 22 heteroatoms. The van der Waals surface area contributed by atoms with Gasteiger partial charge >= 0.3 is 18.0 Å². The maximum absolute atomic E-state index is 13.5. The zero-order chi connectivity index (χ0) is 49.1. The second-order valence-electron chi connectivity index (χ2n) is 18.8. The van der Waals surface area contributed by atoms with Crippen LogP contribution in [0.25, 0.3) is 0 Å². The number of rotatable bonds is 22. The number of amides is 4. The molecule has 4 amide bonds. The van der Waals surface area contributed by atoms with Crippen LogP contribution in [0.1, 0.15) is 143 Å². The van der Waals surface area contributed by atoms with Gasteiger partial charge in [-0.1, -0.05) is 79.9 Å². The molecule has 2 heterocycles. The van der Waals surface area contributed by atoms with Crippen LogP contribution >= 0.6 is 46.2 Å². The van der Waals surface area contributed by atoms with E-state index in [4.69, 9.17) is 19.3 Å². The number of primary sulfonamides is 1. The molecular formula is C46H75N7O10S5. The van der Waals surface area contributed by atoms with Crippen molar-refractivity contribution in [3.05, 3.63) is 12.4 Å². The van der Waals surface area contributed by atoms with Crippen molar-refractivity contribution in [2.75, 3.05) is 55.7 Å². The molecule has 4 aliphatic carbocycles. The van der Waals surface area contributed by atoms with Gasteiger partial charge in [0.15, 0.2) is 16.0 Å². The van der Waals surface area contributed by atoms with Crippen LogP contribution in [0.15, 0.2) is 20.8 Å². The van der Waals surface area contributed by atoms with Crippen molar-refractivity contribution in [2.45, 2.75) is 186 Å². The predicted molar refractivity (Wildman–Crippen MR) is 272 cm³/mol. The first-order chi connectivity index (χ1) is 32.5. The van der Waals surface area contributed by atoms with Gasteiger partial charge in [0.2, 0.25) is 10.0 Å². The number of carbonyl (C=O) groups excluding carboxylic acids is 3. The number of ketones is 1. The molecule has 6 rings (SSSR count). The third-order valence-corrected chi connectivity index (χ3v) is 18.1. The molecule has 4 aliphatic rings. The molecule has 384 valence electrons. The van der Waals surface area contributed by atoms with Gasteiger partial charge in [-0.15, -0.1) is 11.8 Å². The summed E-state index contributed by atoms with van der Waals surface area (Å²) >= 11 is 5.06. The summed E-state index contributed by atoms with van der Waals surface area (Å²) < 4.78 is 39.4. The molecular weight excluding hydrogens is 971 g/mol. The summed E-state index contributed by atoms with van der Waals surface area (Å²) in [4.78, 5) is 62.9. The molecule has 2 aromatic heterocycles. The maximum atomic E-state index is 13.5. The fourth-order valence-corrected chi connectivity index (χ4v) is 14.2. The molecule has 0 spiro atoms. The summed E-state index contributed by atoms with van der Waals surface area (Å²) in [6.45, 7) is 8.26. The van der Waals surface area contributed by atoms with E-state index in [-0.39, 0.29) is 42.0 Å². The number of aromatic nitrogens is 2. The van der Waals surface area contributed by atoms with E-state index in [1.54, 1.807) is 33.4 Å². The number of Topliss-reactive ketones (excluding diaryl/α,β-unsaturated/α-hetero) is 1. The van der Waals surface area contributed by atoms with E-state index in [0.717, 1.165) is 118 Å². The number of aliphatic carboxylic acids is 1. The summed E-state index contributed by atoms with van der Waals surface area (Å²) in [5.74, 6) is -1.48. The standard InChI is InChI=1S/C24H39N3O5S2.C22H36N4O5S3/c1-24(2,21(28)29)34-20-15-25-22(33-20)26-23(30)27(18-7-5-4-6-8-18)19-11-9-17(10-12-19)16-32-14-13-31-3;1-2-12-31-19-10-8-17(9-11-19)26(16-6-4-3-5-7-16)22(28)25-21-24-13-20(33-21)32-14-18(27)15-34(23,29)30/h15,17-19H,4-14,16H2,1-3H3,(H,28,29)(H,25,26,30);13,16-17,19H,2-12,14-15H2,1H3,(H2,23,29,30)(H,24,25,28)/t2*17-,19-. The van der Waals surface area contributed by atoms with Crippen molar-refractivity contribution in [2.24, 2.45) is 11.1 Å². The molecule has 68 heavy (non-hydrogen) atoms. The Morgan fingerprint density at radius 1 is 0.765 bits per heavy atom. The van der Waals surface area contributed by atoms with Crippen molar-refractivity contribution in [1.82, 2.24) is 19.8 Å². The first kappa shape index (κ1) is 56.3. The van der Waals surface area contributed by atoms with E-state index in [2.05, 4.69) is 37.3 Å². The molecule has 4 saturated carbocycles. The minimum atomic E-state index is -3.82. The number of nitrogens with two attached hydrogens (primary N) is 1. The summed E-state index contributed by atoms with van der Waals surface area (Å²) in [7, 11) is -2.14. The normalized spacial score (nSPS) is 21.8. The van der Waals surface area contributed by atoms with Gasteiger partial charge in [0, 0.05) is 44.5 Å². The van der Waals surface area contributed by atoms with Gasteiger partial charge in [-0.3, -0.25) is 20.2 Å². The molecule has 0 radical (unpaired) electrons. The number of carboxylic acids is 1. The smallest absolute Gasteiger partial charge is 0.324 e. The topological polar surface area (TPSA) is 233 Å². The van der Waals surface area contributed by atoms with Gasteiger partial charge in [-0.05, 0) is 103 Å². The van der Waals surface area contributed by atoms with Crippen molar-refractivity contribution in [1.29, 1.82) is 0 Å². The highest BCUT2D eigenvalue weighted by Crippen LogP contribution is 2.39. The Kier molecular flexibility index (Phi) is 23.6. The number of sulfonamides is 1. The fraction of sp³-hybridized carbons (Fsp3) is 0.783. The Labute approximate surface area is 420 Å². The number of carboxylic acid groups (broad SMARTS) is 1. The van der Waals surface area contributed by atoms with Crippen LogP contribution in [0.3, 0.4) is 0 Å². The van der Waals surface area contributed by atoms with Crippen molar-refractivity contribution in [3.63, 3.8) is 0 Å². The second-order valence-corrected chi connectivity index (χ2v) is 25.7. The van der Waals surface area contributed by atoms with Gasteiger partial charge in [0.05, 0.1) is 45.9 Å². The Morgan fingerprint density at radius 3 is 1.76 bits per heavy atom. The number of thioether (sulfide) groups is 2. The van der Waals surface area contributed by atoms with Gasteiger partial charge in [0.25, 0.3) is 0 Å². The van der Waals surface area contributed by atoms with E-state index in [0.29, 0.717) is 35.5 Å². The van der Waals surface area contributed by atoms with Crippen LogP contribution in [0.2, 0.25) is 0 Å². The molecule has 0 unspecified atom stereocenters. The summed E-state index contributed by atoms with van der Waals surface area (Å²) in [6.07, 6.45) is 23.8. The lowest BCUT2D eigenvalue weighted by Gasteiger charge is -2.42. The average Bonchev–Trinajstić information content (AvgIpc) is 3.96. The minimum absolute atomic E-state index is 0.0104. The second kappa shape index (κ2) is 28.5. The molecule has 17 nitrogen and oxygen atoms in total. The van der Waals surface area contributed by atoms with Crippen LogP contribution in [0.5, 0.6) is 0 Å². The Hall–Kier alpha value is -2.57. The molecule has 0 aliphatic heterocycles. The van der Waals surface area contributed by atoms with E-state index in [1.165, 1.54) is 71.9 Å². The highest BCUT2D eigenvalue weighted by atomic mass is 32.2. The van der Waals surface area contributed by atoms with Gasteiger partial charge in [-0.2, -0.15) is 0 Å². The SMILES string of the molecule is CCCO[C@H]1CC[C@H](N(C(=O)Nc2ncc(SCC(=O)CS(N)(=O)=O)s2)C2CCCCC2)CC1.COCCOC[C@H]1CC[C@H](N(C(=O)Nc2ncc(SC(C)(C)C(=O)O)s2)C2CCCCC2)CC1. The van der Waals surface area contributed by atoms with Crippen LogP contribution < -0.4 is 15.8 Å². The number of hydrogen-bond acceptors (Lipinski definition) is 15. The number of urea groups is 2. The number of carbonyl (C=O) groups is 4. The fourth-order valence-electron chi connectivity index (χ4n) is 9.51. The van der Waals surface area contributed by atoms with Crippen LogP contribution in [0, 0.1) is 5.92 Å². The number of methoxy groups -OCH3 is 1. The highest BCUT2D eigenvalue weighted by Gasteiger charge is 2.37. The Bertz CT molecular complexity index is 1980. The lowest BCUT2D eigenvalue weighted by atomic mass is 9.84. The maximum Gasteiger partial charge on any atom is 0.324 e. The van der Waals surface area contributed by atoms with Crippen LogP contribution in [-0.2, 0) is 33.8 Å². The number of thiazole rings is 2. The first-order valence-corrected chi connectivity index (χ1v) is 29.6.